The Balaban J connectivity index is 1.36. The summed E-state index contributed by atoms with van der Waals surface area (Å²) in [5.74, 6) is -1.14. The predicted molar refractivity (Wildman–Crippen MR) is 190 cm³/mol. The van der Waals surface area contributed by atoms with Crippen LogP contribution in [0.5, 0.6) is 6.01 Å². The summed E-state index contributed by atoms with van der Waals surface area (Å²) in [7, 11) is 2.01. The highest BCUT2D eigenvalue weighted by atomic mass is 35.5. The van der Waals surface area contributed by atoms with Crippen LogP contribution in [0.2, 0.25) is 5.02 Å². The third-order valence-corrected chi connectivity index (χ3v) is 11.1. The summed E-state index contributed by atoms with van der Waals surface area (Å²) in [6.07, 6.45) is 1.54. The van der Waals surface area contributed by atoms with Crippen LogP contribution in [-0.2, 0) is 4.74 Å². The minimum Gasteiger partial charge on any atom is -0.465 e. The van der Waals surface area contributed by atoms with Crippen LogP contribution in [0, 0.1) is 23.0 Å². The Labute approximate surface area is 301 Å². The zero-order valence-corrected chi connectivity index (χ0v) is 30.0. The molecule has 2 aromatic heterocycles. The molecular formula is C35H36ClF2N7O5S. The maximum atomic E-state index is 17.1. The SMILES string of the molecule is CN1CCC[C@H]1COc1nc(N2CC3CCC(C2)N3C(=O)O)c2cc(Cl)c(-c3ccc(F)c4sc(NC(=O)OC(C)(C)C)c(C#N)c34)c(F)c2n1. The zero-order valence-electron chi connectivity index (χ0n) is 28.4. The van der Waals surface area contributed by atoms with Crippen LogP contribution in [-0.4, -0.2) is 94.1 Å². The number of anilines is 2. The molecule has 51 heavy (non-hydrogen) atoms. The van der Waals surface area contributed by atoms with Gasteiger partial charge < -0.3 is 24.4 Å². The molecule has 268 valence electrons. The number of benzene rings is 2. The Morgan fingerprint density at radius 3 is 2.53 bits per heavy atom. The Kier molecular flexibility index (Phi) is 9.05. The molecule has 16 heteroatoms. The molecule has 3 aliphatic rings. The first-order valence-corrected chi connectivity index (χ1v) is 17.9. The first kappa shape index (κ1) is 34.9. The van der Waals surface area contributed by atoms with Gasteiger partial charge in [0.2, 0.25) is 0 Å². The number of amides is 2. The smallest absolute Gasteiger partial charge is 0.412 e. The highest BCUT2D eigenvalue weighted by Gasteiger charge is 2.43. The number of ether oxygens (including phenoxy) is 2. The number of aromatic nitrogens is 2. The van der Waals surface area contributed by atoms with Crippen molar-refractivity contribution in [2.75, 3.05) is 43.5 Å². The van der Waals surface area contributed by atoms with Crippen LogP contribution in [0.3, 0.4) is 0 Å². The number of piperazine rings is 1. The molecule has 3 aliphatic heterocycles. The largest absolute Gasteiger partial charge is 0.465 e. The highest BCUT2D eigenvalue weighted by molar-refractivity contribution is 7.23. The standard InChI is InChI=1S/C35H36ClF2N7O5S/c1-35(2,3)50-33(46)42-31-22(13-39)25-20(9-10-24(37)29(25)51-31)26-23(36)12-21-28(27(26)38)40-32(49-16-19-6-5-11-43(19)4)41-30(21)44-14-17-7-8-18(15-44)45(17)34(47)48/h9-10,12,17-19H,5-8,11,14-16H2,1-4H3,(H,42,46)(H,47,48)/t17?,18?,19-/m0/s1. The quantitative estimate of drug-likeness (QED) is 0.204. The van der Waals surface area contributed by atoms with Crippen LogP contribution >= 0.6 is 22.9 Å². The monoisotopic (exact) mass is 739 g/mol. The van der Waals surface area contributed by atoms with Crippen LogP contribution in [0.15, 0.2) is 18.2 Å². The van der Waals surface area contributed by atoms with Crippen molar-refractivity contribution in [3.63, 3.8) is 0 Å². The molecule has 2 aromatic carbocycles. The van der Waals surface area contributed by atoms with E-state index in [1.54, 1.807) is 20.8 Å². The van der Waals surface area contributed by atoms with Crippen LogP contribution < -0.4 is 15.0 Å². The van der Waals surface area contributed by atoms with Gasteiger partial charge in [0.1, 0.15) is 40.4 Å². The second-order valence-corrected chi connectivity index (χ2v) is 15.6. The number of thiophene rings is 1. The summed E-state index contributed by atoms with van der Waals surface area (Å²) < 4.78 is 43.9. The van der Waals surface area contributed by atoms with Gasteiger partial charge in [-0.1, -0.05) is 17.7 Å². The van der Waals surface area contributed by atoms with E-state index in [4.69, 9.17) is 26.1 Å². The maximum Gasteiger partial charge on any atom is 0.412 e. The molecule has 2 bridgehead atoms. The number of halogens is 3. The molecule has 3 fully saturated rings. The van der Waals surface area contributed by atoms with Gasteiger partial charge in [-0.25, -0.2) is 18.4 Å². The van der Waals surface area contributed by atoms with Gasteiger partial charge in [0, 0.05) is 35.5 Å². The second kappa shape index (κ2) is 13.2. The van der Waals surface area contributed by atoms with E-state index in [1.165, 1.54) is 17.0 Å². The lowest BCUT2D eigenvalue weighted by Crippen LogP contribution is -2.55. The number of carbonyl (C=O) groups excluding carboxylic acids is 1. The number of hydrogen-bond donors (Lipinski definition) is 2. The molecule has 0 spiro atoms. The van der Waals surface area contributed by atoms with Gasteiger partial charge in [-0.2, -0.15) is 15.2 Å². The van der Waals surface area contributed by atoms with Crippen molar-refractivity contribution in [1.29, 1.82) is 5.26 Å². The van der Waals surface area contributed by atoms with Gasteiger partial charge in [-0.05, 0) is 77.7 Å². The molecule has 3 atom stereocenters. The van der Waals surface area contributed by atoms with E-state index in [9.17, 15) is 20.0 Å². The van der Waals surface area contributed by atoms with Crippen molar-refractivity contribution in [3.8, 4) is 23.2 Å². The molecule has 12 nitrogen and oxygen atoms in total. The van der Waals surface area contributed by atoms with E-state index in [1.807, 2.05) is 18.0 Å². The second-order valence-electron chi connectivity index (χ2n) is 14.2. The van der Waals surface area contributed by atoms with E-state index in [0.717, 1.165) is 36.8 Å². The molecule has 4 aromatic rings. The van der Waals surface area contributed by atoms with Gasteiger partial charge in [0.05, 0.1) is 27.4 Å². The summed E-state index contributed by atoms with van der Waals surface area (Å²) >= 11 is 7.72. The molecule has 0 aliphatic carbocycles. The fraction of sp³-hybridized carbons (Fsp3) is 0.457. The minimum absolute atomic E-state index is 0.0190. The van der Waals surface area contributed by atoms with Crippen molar-refractivity contribution >= 4 is 66.9 Å². The number of carbonyl (C=O) groups is 2. The van der Waals surface area contributed by atoms with Crippen molar-refractivity contribution in [1.82, 2.24) is 19.8 Å². The Morgan fingerprint density at radius 1 is 1.18 bits per heavy atom. The average Bonchev–Trinajstić information content (AvgIpc) is 3.72. The number of carboxylic acid groups (broad SMARTS) is 1. The molecular weight excluding hydrogens is 704 g/mol. The van der Waals surface area contributed by atoms with Gasteiger partial charge in [-0.3, -0.25) is 10.2 Å². The summed E-state index contributed by atoms with van der Waals surface area (Å²) in [4.78, 5) is 39.5. The number of nitrogens with zero attached hydrogens (tertiary/aromatic N) is 6. The molecule has 2 amide bonds. The van der Waals surface area contributed by atoms with E-state index < -0.39 is 29.4 Å². The van der Waals surface area contributed by atoms with Crippen molar-refractivity contribution < 1.29 is 33.0 Å². The van der Waals surface area contributed by atoms with Crippen molar-refractivity contribution in [3.05, 3.63) is 40.4 Å². The van der Waals surface area contributed by atoms with E-state index in [0.29, 0.717) is 37.1 Å². The van der Waals surface area contributed by atoms with Gasteiger partial charge >= 0.3 is 18.2 Å². The molecule has 3 saturated heterocycles. The lowest BCUT2D eigenvalue weighted by molar-refractivity contribution is 0.0636. The third kappa shape index (κ3) is 6.45. The number of nitrogens with one attached hydrogen (secondary N) is 1. The van der Waals surface area contributed by atoms with Crippen LogP contribution in [0.25, 0.3) is 32.1 Å². The third-order valence-electron chi connectivity index (χ3n) is 9.71. The number of nitriles is 1. The van der Waals surface area contributed by atoms with Gasteiger partial charge in [0.15, 0.2) is 5.82 Å². The molecule has 2 unspecified atom stereocenters. The summed E-state index contributed by atoms with van der Waals surface area (Å²) in [6.45, 7) is 6.95. The fourth-order valence-electron chi connectivity index (χ4n) is 7.43. The molecule has 5 heterocycles. The maximum absolute atomic E-state index is 17.1. The fourth-order valence-corrected chi connectivity index (χ4v) is 8.79. The number of hydrogen-bond acceptors (Lipinski definition) is 10. The van der Waals surface area contributed by atoms with Crippen LogP contribution in [0.1, 0.15) is 52.0 Å². The summed E-state index contributed by atoms with van der Waals surface area (Å²) in [6, 6.07) is 5.64. The lowest BCUT2D eigenvalue weighted by atomic mass is 9.97. The van der Waals surface area contributed by atoms with E-state index in [-0.39, 0.29) is 73.1 Å². The lowest BCUT2D eigenvalue weighted by Gasteiger charge is -2.40. The predicted octanol–water partition coefficient (Wildman–Crippen LogP) is 7.47. The van der Waals surface area contributed by atoms with E-state index in [2.05, 4.69) is 15.2 Å². The topological polar surface area (TPSA) is 144 Å². The van der Waals surface area contributed by atoms with E-state index >= 15 is 8.78 Å². The molecule has 7 rings (SSSR count). The average molecular weight is 740 g/mol. The summed E-state index contributed by atoms with van der Waals surface area (Å²) in [5.41, 5.74) is -0.990. The molecule has 2 N–H and O–H groups in total. The number of rotatable bonds is 6. The first-order chi connectivity index (χ1) is 24.2. The van der Waals surface area contributed by atoms with Crippen LogP contribution in [0.4, 0.5) is 29.2 Å². The van der Waals surface area contributed by atoms with Crippen molar-refractivity contribution in [2.24, 2.45) is 0 Å². The normalized spacial score (nSPS) is 20.6. The molecule has 0 saturated carbocycles. The first-order valence-electron chi connectivity index (χ1n) is 16.7. The zero-order chi connectivity index (χ0) is 36.4. The number of likely N-dealkylation sites (N-methyl/N-ethyl adjacent to an activating group) is 1. The number of fused-ring (bicyclic) bond motifs is 4. The molecule has 0 radical (unpaired) electrons. The van der Waals surface area contributed by atoms with Crippen molar-refractivity contribution in [2.45, 2.75) is 70.2 Å². The summed E-state index contributed by atoms with van der Waals surface area (Å²) in [5, 5.41) is 23.0. The Bertz CT molecular complexity index is 2100. The minimum atomic E-state index is -0.974. The Morgan fingerprint density at radius 2 is 1.90 bits per heavy atom. The van der Waals surface area contributed by atoms with Gasteiger partial charge in [-0.15, -0.1) is 11.3 Å². The Hall–Kier alpha value is -4.52. The highest BCUT2D eigenvalue weighted by Crippen LogP contribution is 2.47. The van der Waals surface area contributed by atoms with Gasteiger partial charge in [0.25, 0.3) is 0 Å². The number of likely N-dealkylation sites (tertiary alicyclic amines) is 1.